The van der Waals surface area contributed by atoms with Gasteiger partial charge in [0, 0.05) is 5.92 Å². The Bertz CT molecular complexity index is 862. The van der Waals surface area contributed by atoms with Gasteiger partial charge in [-0.25, -0.2) is 0 Å². The van der Waals surface area contributed by atoms with Crippen LogP contribution in [0.25, 0.3) is 11.1 Å². The molecule has 0 aliphatic carbocycles. The van der Waals surface area contributed by atoms with E-state index < -0.39 is 0 Å². The number of nitrogens with one attached hydrogen (secondary N) is 1. The molecule has 0 spiro atoms. The number of fused-ring (bicyclic) bond motifs is 1. The van der Waals surface area contributed by atoms with Crippen molar-refractivity contribution in [1.82, 2.24) is 4.98 Å². The van der Waals surface area contributed by atoms with Gasteiger partial charge in [-0.3, -0.25) is 5.43 Å². The molecule has 0 radical (unpaired) electrons. The molecule has 2 aromatic carbocycles. The average molecular weight is 321 g/mol. The summed E-state index contributed by atoms with van der Waals surface area (Å²) in [5, 5.41) is 12.6. The lowest BCUT2D eigenvalue weighted by Crippen LogP contribution is -2.07. The smallest absolute Gasteiger partial charge is 0.342 e. The van der Waals surface area contributed by atoms with Crippen molar-refractivity contribution in [3.05, 3.63) is 54.1 Å². The number of benzene rings is 2. The molecule has 24 heavy (non-hydrogen) atoms. The second-order valence-electron chi connectivity index (χ2n) is 5.72. The Hall–Kier alpha value is -3.02. The normalized spacial score (nSPS) is 12.4. The van der Waals surface area contributed by atoms with E-state index in [9.17, 15) is 0 Å². The molecule has 0 bridgehead atoms. The van der Waals surface area contributed by atoms with Crippen molar-refractivity contribution in [3.8, 4) is 0 Å². The fourth-order valence-electron chi connectivity index (χ4n) is 2.08. The van der Waals surface area contributed by atoms with E-state index in [-0.39, 0.29) is 11.9 Å². The third-order valence-corrected chi connectivity index (χ3v) is 3.47. The lowest BCUT2D eigenvalue weighted by molar-refractivity contribution is 0.606. The molecule has 3 rings (SSSR count). The van der Waals surface area contributed by atoms with Crippen molar-refractivity contribution in [2.24, 2.45) is 21.2 Å². The van der Waals surface area contributed by atoms with Gasteiger partial charge >= 0.3 is 6.01 Å². The largest absolute Gasteiger partial charge is 0.421 e. The van der Waals surface area contributed by atoms with Crippen molar-refractivity contribution in [3.63, 3.8) is 0 Å². The Kier molecular flexibility index (Phi) is 4.65. The van der Waals surface area contributed by atoms with Crippen LogP contribution >= 0.6 is 0 Å². The van der Waals surface area contributed by atoms with Crippen LogP contribution in [0.1, 0.15) is 19.4 Å². The van der Waals surface area contributed by atoms with Crippen LogP contribution in [0.2, 0.25) is 0 Å². The van der Waals surface area contributed by atoms with Crippen LogP contribution in [0.4, 0.5) is 11.7 Å². The molecule has 1 N–H and O–H groups in total. The first kappa shape index (κ1) is 15.9. The van der Waals surface area contributed by atoms with E-state index in [1.165, 1.54) is 0 Å². The second kappa shape index (κ2) is 7.04. The number of anilines is 1. The first-order valence-corrected chi connectivity index (χ1v) is 7.80. The summed E-state index contributed by atoms with van der Waals surface area (Å²) >= 11 is 0. The molecule has 0 unspecified atom stereocenters. The molecule has 3 aromatic rings. The standard InChI is InChI=1S/C18H19N5O/c1-12(2)17(21-20-14-9-5-4-8-13(14)3)22-23-18-19-15-10-6-7-11-16(15)24-18/h4-12,20H,1-3H3/b21-17-,23-22?. The Morgan fingerprint density at radius 1 is 1.08 bits per heavy atom. The van der Waals surface area contributed by atoms with Crippen molar-refractivity contribution in [1.29, 1.82) is 0 Å². The predicted molar refractivity (Wildman–Crippen MR) is 95.6 cm³/mol. The molecule has 122 valence electrons. The number of nitrogens with zero attached hydrogens (tertiary/aromatic N) is 4. The van der Waals surface area contributed by atoms with Crippen LogP contribution < -0.4 is 5.43 Å². The topological polar surface area (TPSA) is 75.1 Å². The Morgan fingerprint density at radius 2 is 1.83 bits per heavy atom. The number of hydrogen-bond acceptors (Lipinski definition) is 5. The third-order valence-electron chi connectivity index (χ3n) is 3.47. The second-order valence-corrected chi connectivity index (χ2v) is 5.72. The lowest BCUT2D eigenvalue weighted by Gasteiger charge is -2.07. The zero-order chi connectivity index (χ0) is 16.9. The van der Waals surface area contributed by atoms with Crippen LogP contribution in [0.5, 0.6) is 0 Å². The lowest BCUT2D eigenvalue weighted by atomic mass is 10.2. The number of rotatable bonds is 4. The van der Waals surface area contributed by atoms with E-state index in [2.05, 4.69) is 25.7 Å². The van der Waals surface area contributed by atoms with Gasteiger partial charge in [-0.05, 0) is 30.7 Å². The number of hydrogen-bond donors (Lipinski definition) is 1. The number of para-hydroxylation sites is 3. The summed E-state index contributed by atoms with van der Waals surface area (Å²) in [7, 11) is 0. The maximum absolute atomic E-state index is 5.53. The SMILES string of the molecule is Cc1ccccc1N/N=C(\N=Nc1nc2ccccc2o1)C(C)C. The fraction of sp³-hybridized carbons (Fsp3) is 0.222. The first-order valence-electron chi connectivity index (χ1n) is 7.80. The highest BCUT2D eigenvalue weighted by Crippen LogP contribution is 2.21. The highest BCUT2D eigenvalue weighted by Gasteiger charge is 2.07. The van der Waals surface area contributed by atoms with Gasteiger partial charge in [-0.15, -0.1) is 5.11 Å². The molecule has 0 amide bonds. The number of aryl methyl sites for hydroxylation is 1. The molecule has 0 saturated carbocycles. The van der Waals surface area contributed by atoms with Crippen LogP contribution in [0.3, 0.4) is 0 Å². The van der Waals surface area contributed by atoms with Gasteiger partial charge in [-0.1, -0.05) is 49.3 Å². The van der Waals surface area contributed by atoms with Gasteiger partial charge in [0.15, 0.2) is 11.4 Å². The van der Waals surface area contributed by atoms with Crippen molar-refractivity contribution < 1.29 is 4.42 Å². The molecular formula is C18H19N5O. The molecule has 0 fully saturated rings. The van der Waals surface area contributed by atoms with Crippen LogP contribution in [-0.2, 0) is 0 Å². The summed E-state index contributed by atoms with van der Waals surface area (Å²) in [5.74, 6) is 0.676. The summed E-state index contributed by atoms with van der Waals surface area (Å²) in [6.07, 6.45) is 0. The van der Waals surface area contributed by atoms with E-state index in [4.69, 9.17) is 4.42 Å². The Balaban J connectivity index is 1.80. The predicted octanol–water partition coefficient (Wildman–Crippen LogP) is 5.30. The summed E-state index contributed by atoms with van der Waals surface area (Å²) in [6.45, 7) is 6.03. The minimum atomic E-state index is 0.106. The zero-order valence-electron chi connectivity index (χ0n) is 13.9. The quantitative estimate of drug-likeness (QED) is 0.306. The molecule has 6 heteroatoms. The number of azo groups is 1. The Morgan fingerprint density at radius 3 is 2.58 bits per heavy atom. The molecule has 0 aliphatic heterocycles. The van der Waals surface area contributed by atoms with Crippen LogP contribution in [-0.4, -0.2) is 10.8 Å². The van der Waals surface area contributed by atoms with E-state index in [1.54, 1.807) is 0 Å². The average Bonchev–Trinajstić information content (AvgIpc) is 2.98. The van der Waals surface area contributed by atoms with Crippen molar-refractivity contribution in [2.45, 2.75) is 20.8 Å². The van der Waals surface area contributed by atoms with Gasteiger partial charge in [-0.2, -0.15) is 10.1 Å². The van der Waals surface area contributed by atoms with Gasteiger partial charge in [0.25, 0.3) is 0 Å². The molecule has 0 atom stereocenters. The molecule has 1 aromatic heterocycles. The number of hydrazone groups is 1. The fourth-order valence-corrected chi connectivity index (χ4v) is 2.08. The van der Waals surface area contributed by atoms with E-state index in [0.717, 1.165) is 16.8 Å². The van der Waals surface area contributed by atoms with Crippen LogP contribution in [0.15, 0.2) is 68.3 Å². The maximum atomic E-state index is 5.53. The number of amidine groups is 1. The van der Waals surface area contributed by atoms with Crippen molar-refractivity contribution in [2.75, 3.05) is 5.43 Å². The summed E-state index contributed by atoms with van der Waals surface area (Å²) in [5.41, 5.74) is 6.53. The van der Waals surface area contributed by atoms with Gasteiger partial charge in [0.1, 0.15) is 5.52 Å². The summed E-state index contributed by atoms with van der Waals surface area (Å²) in [6, 6.07) is 15.7. The third kappa shape index (κ3) is 3.65. The van der Waals surface area contributed by atoms with E-state index in [1.807, 2.05) is 69.3 Å². The number of aromatic nitrogens is 1. The molecular weight excluding hydrogens is 302 g/mol. The van der Waals surface area contributed by atoms with Crippen molar-refractivity contribution >= 4 is 28.6 Å². The first-order chi connectivity index (χ1) is 11.6. The minimum Gasteiger partial charge on any atom is -0.421 e. The molecule has 6 nitrogen and oxygen atoms in total. The van der Waals surface area contributed by atoms with Crippen LogP contribution in [0, 0.1) is 12.8 Å². The molecule has 1 heterocycles. The highest BCUT2D eigenvalue weighted by atomic mass is 16.4. The molecule has 0 aliphatic rings. The summed E-state index contributed by atoms with van der Waals surface area (Å²) in [4.78, 5) is 4.27. The minimum absolute atomic E-state index is 0.106. The molecule has 0 saturated heterocycles. The van der Waals surface area contributed by atoms with Gasteiger partial charge in [0.2, 0.25) is 0 Å². The van der Waals surface area contributed by atoms with Gasteiger partial charge < -0.3 is 4.42 Å². The van der Waals surface area contributed by atoms with Gasteiger partial charge in [0.05, 0.1) is 5.69 Å². The van der Waals surface area contributed by atoms with E-state index >= 15 is 0 Å². The Labute approximate surface area is 140 Å². The summed E-state index contributed by atoms with van der Waals surface area (Å²) < 4.78 is 5.53. The maximum Gasteiger partial charge on any atom is 0.342 e. The number of oxazole rings is 1. The van der Waals surface area contributed by atoms with E-state index in [0.29, 0.717) is 11.4 Å². The monoisotopic (exact) mass is 321 g/mol. The highest BCUT2D eigenvalue weighted by molar-refractivity contribution is 5.85. The zero-order valence-corrected chi connectivity index (χ0v) is 13.9.